The Morgan fingerprint density at radius 3 is 2.65 bits per heavy atom. The number of hydrogen-bond acceptors (Lipinski definition) is 3. The minimum atomic E-state index is -0.00621. The predicted octanol–water partition coefficient (Wildman–Crippen LogP) is 4.61. The van der Waals surface area contributed by atoms with Gasteiger partial charge in [0.15, 0.2) is 0 Å². The number of carbonyl (C=O) groups is 1. The van der Waals surface area contributed by atoms with E-state index in [1.54, 1.807) is 12.4 Å². The quantitative estimate of drug-likeness (QED) is 0.754. The van der Waals surface area contributed by atoms with Crippen molar-refractivity contribution in [2.75, 3.05) is 0 Å². The number of nitrogens with one attached hydrogen (secondary N) is 1. The number of fused-ring (bicyclic) bond motifs is 1. The summed E-state index contributed by atoms with van der Waals surface area (Å²) in [5.41, 5.74) is 3.21. The van der Waals surface area contributed by atoms with Crippen LogP contribution in [0.2, 0.25) is 0 Å². The second kappa shape index (κ2) is 7.24. The van der Waals surface area contributed by atoms with Crippen molar-refractivity contribution in [3.63, 3.8) is 0 Å². The van der Waals surface area contributed by atoms with Crippen molar-refractivity contribution in [3.05, 3.63) is 60.4 Å². The summed E-state index contributed by atoms with van der Waals surface area (Å²) in [4.78, 5) is 21.9. The highest BCUT2D eigenvalue weighted by Gasteiger charge is 2.21. The van der Waals surface area contributed by atoms with Crippen molar-refractivity contribution in [1.82, 2.24) is 15.3 Å². The number of nitrogens with zero attached hydrogens (tertiary/aromatic N) is 2. The Hall–Kier alpha value is -2.75. The summed E-state index contributed by atoms with van der Waals surface area (Å²) in [5, 5.41) is 4.13. The zero-order valence-electron chi connectivity index (χ0n) is 15.0. The topological polar surface area (TPSA) is 54.9 Å². The zero-order valence-corrected chi connectivity index (χ0v) is 15.0. The first-order valence-electron chi connectivity index (χ1n) is 9.32. The fourth-order valence-electron chi connectivity index (χ4n) is 3.69. The van der Waals surface area contributed by atoms with E-state index in [-0.39, 0.29) is 11.9 Å². The van der Waals surface area contributed by atoms with Gasteiger partial charge in [-0.3, -0.25) is 9.78 Å². The smallest absolute Gasteiger partial charge is 0.252 e. The van der Waals surface area contributed by atoms with Gasteiger partial charge in [-0.25, -0.2) is 4.98 Å². The molecule has 1 amide bonds. The maximum Gasteiger partial charge on any atom is 0.252 e. The van der Waals surface area contributed by atoms with E-state index in [4.69, 9.17) is 4.98 Å². The molecular weight excluding hydrogens is 322 g/mol. The Bertz CT molecular complexity index is 915. The summed E-state index contributed by atoms with van der Waals surface area (Å²) >= 11 is 0. The van der Waals surface area contributed by atoms with Crippen LogP contribution in [0.3, 0.4) is 0 Å². The number of carbonyl (C=O) groups excluding carboxylic acids is 1. The second-order valence-electron chi connectivity index (χ2n) is 7.24. The monoisotopic (exact) mass is 345 g/mol. The Morgan fingerprint density at radius 1 is 1.08 bits per heavy atom. The van der Waals surface area contributed by atoms with Crippen molar-refractivity contribution in [2.45, 2.75) is 38.6 Å². The van der Waals surface area contributed by atoms with Crippen molar-refractivity contribution in [3.8, 4) is 11.3 Å². The van der Waals surface area contributed by atoms with Gasteiger partial charge in [0.25, 0.3) is 5.91 Å². The van der Waals surface area contributed by atoms with Crippen LogP contribution in [0, 0.1) is 5.92 Å². The van der Waals surface area contributed by atoms with E-state index in [1.165, 1.54) is 12.8 Å². The highest BCUT2D eigenvalue weighted by molar-refractivity contribution is 6.07. The Morgan fingerprint density at radius 2 is 1.88 bits per heavy atom. The van der Waals surface area contributed by atoms with Gasteiger partial charge in [-0.05, 0) is 55.9 Å². The van der Waals surface area contributed by atoms with Gasteiger partial charge in [-0.15, -0.1) is 0 Å². The summed E-state index contributed by atoms with van der Waals surface area (Å²) in [7, 11) is 0. The van der Waals surface area contributed by atoms with Gasteiger partial charge in [0.2, 0.25) is 0 Å². The molecule has 1 N–H and O–H groups in total. The molecule has 4 heteroatoms. The molecule has 0 aliphatic heterocycles. The third-order valence-corrected chi connectivity index (χ3v) is 5.27. The highest BCUT2D eigenvalue weighted by atomic mass is 16.1. The maximum atomic E-state index is 13.0. The number of amides is 1. The number of hydrogen-bond donors (Lipinski definition) is 1. The van der Waals surface area contributed by atoms with Gasteiger partial charge >= 0.3 is 0 Å². The number of pyridine rings is 2. The van der Waals surface area contributed by atoms with Gasteiger partial charge < -0.3 is 5.32 Å². The summed E-state index contributed by atoms with van der Waals surface area (Å²) in [6, 6.07) is 13.8. The number of benzene rings is 1. The van der Waals surface area contributed by atoms with Crippen LogP contribution in [-0.4, -0.2) is 21.9 Å². The van der Waals surface area contributed by atoms with E-state index in [2.05, 4.69) is 17.2 Å². The Labute approximate surface area is 153 Å². The van der Waals surface area contributed by atoms with Crippen LogP contribution in [0.5, 0.6) is 0 Å². The molecule has 1 saturated carbocycles. The molecule has 0 spiro atoms. The molecule has 1 aliphatic carbocycles. The molecule has 4 nitrogen and oxygen atoms in total. The lowest BCUT2D eigenvalue weighted by Crippen LogP contribution is -2.37. The molecule has 2 heterocycles. The highest BCUT2D eigenvalue weighted by Crippen LogP contribution is 2.26. The van der Waals surface area contributed by atoms with Crippen LogP contribution < -0.4 is 5.32 Å². The summed E-state index contributed by atoms with van der Waals surface area (Å²) in [6.45, 7) is 2.29. The van der Waals surface area contributed by atoms with Crippen LogP contribution >= 0.6 is 0 Å². The molecule has 1 fully saturated rings. The lowest BCUT2D eigenvalue weighted by Gasteiger charge is -2.27. The fourth-order valence-corrected chi connectivity index (χ4v) is 3.69. The van der Waals surface area contributed by atoms with Crippen LogP contribution in [0.25, 0.3) is 22.2 Å². The zero-order chi connectivity index (χ0) is 17.9. The lowest BCUT2D eigenvalue weighted by atomic mass is 9.87. The molecule has 1 aromatic carbocycles. The van der Waals surface area contributed by atoms with Crippen molar-refractivity contribution < 1.29 is 4.79 Å². The van der Waals surface area contributed by atoms with E-state index in [1.807, 2.05) is 42.5 Å². The van der Waals surface area contributed by atoms with Gasteiger partial charge in [-0.2, -0.15) is 0 Å². The second-order valence-corrected chi connectivity index (χ2v) is 7.24. The standard InChI is InChI=1S/C22H23N3O/c1-15-8-10-17(11-9-15)24-22(26)19-13-21(16-5-4-12-23-14-16)25-20-7-3-2-6-18(19)20/h2-7,12-15,17H,8-11H2,1H3,(H,24,26). The molecule has 0 saturated heterocycles. The number of rotatable bonds is 3. The minimum absolute atomic E-state index is 0.00621. The van der Waals surface area contributed by atoms with Crippen LogP contribution in [-0.2, 0) is 0 Å². The van der Waals surface area contributed by atoms with E-state index < -0.39 is 0 Å². The SMILES string of the molecule is CC1CCC(NC(=O)c2cc(-c3cccnc3)nc3ccccc23)CC1. The van der Waals surface area contributed by atoms with Crippen LogP contribution in [0.1, 0.15) is 43.0 Å². The molecule has 0 bridgehead atoms. The molecule has 0 unspecified atom stereocenters. The lowest BCUT2D eigenvalue weighted by molar-refractivity contribution is 0.0924. The third kappa shape index (κ3) is 3.45. The summed E-state index contributed by atoms with van der Waals surface area (Å²) in [5.74, 6) is 0.760. The fraction of sp³-hybridized carbons (Fsp3) is 0.318. The molecule has 4 rings (SSSR count). The largest absolute Gasteiger partial charge is 0.349 e. The average molecular weight is 345 g/mol. The minimum Gasteiger partial charge on any atom is -0.349 e. The summed E-state index contributed by atoms with van der Waals surface area (Å²) in [6.07, 6.45) is 8.01. The molecule has 132 valence electrons. The van der Waals surface area contributed by atoms with Crippen LogP contribution in [0.4, 0.5) is 0 Å². The van der Waals surface area contributed by atoms with E-state index in [9.17, 15) is 4.79 Å². The molecular formula is C22H23N3O. The Kier molecular flexibility index (Phi) is 4.65. The van der Waals surface area contributed by atoms with E-state index in [0.29, 0.717) is 5.56 Å². The van der Waals surface area contributed by atoms with E-state index >= 15 is 0 Å². The van der Waals surface area contributed by atoms with Crippen LogP contribution in [0.15, 0.2) is 54.9 Å². The molecule has 2 aromatic heterocycles. The average Bonchev–Trinajstić information content (AvgIpc) is 2.69. The molecule has 0 atom stereocenters. The first kappa shape index (κ1) is 16.7. The van der Waals surface area contributed by atoms with Gasteiger partial charge in [0, 0.05) is 29.4 Å². The first-order chi connectivity index (χ1) is 12.7. The van der Waals surface area contributed by atoms with E-state index in [0.717, 1.165) is 40.9 Å². The van der Waals surface area contributed by atoms with Gasteiger partial charge in [-0.1, -0.05) is 25.1 Å². The van der Waals surface area contributed by atoms with Gasteiger partial charge in [0.1, 0.15) is 0 Å². The van der Waals surface area contributed by atoms with Crippen molar-refractivity contribution in [1.29, 1.82) is 0 Å². The van der Waals surface area contributed by atoms with Crippen molar-refractivity contribution >= 4 is 16.8 Å². The number of para-hydroxylation sites is 1. The van der Waals surface area contributed by atoms with Gasteiger partial charge in [0.05, 0.1) is 16.8 Å². The molecule has 26 heavy (non-hydrogen) atoms. The number of aromatic nitrogens is 2. The predicted molar refractivity (Wildman–Crippen MR) is 104 cm³/mol. The molecule has 0 radical (unpaired) electrons. The third-order valence-electron chi connectivity index (χ3n) is 5.27. The maximum absolute atomic E-state index is 13.0. The molecule has 1 aliphatic rings. The molecule has 3 aromatic rings. The summed E-state index contributed by atoms with van der Waals surface area (Å²) < 4.78 is 0. The Balaban J connectivity index is 1.70. The first-order valence-corrected chi connectivity index (χ1v) is 9.32. The normalized spacial score (nSPS) is 20.0. The van der Waals surface area contributed by atoms with Crippen molar-refractivity contribution in [2.24, 2.45) is 5.92 Å².